The highest BCUT2D eigenvalue weighted by atomic mass is 79.9. The smallest absolute Gasteiger partial charge is 0.387 e. The van der Waals surface area contributed by atoms with E-state index in [0.29, 0.717) is 15.6 Å². The number of nitrogens with two attached hydrogens (primary N) is 1. The summed E-state index contributed by atoms with van der Waals surface area (Å²) in [6, 6.07) is 11.3. The van der Waals surface area contributed by atoms with Crippen molar-refractivity contribution in [2.24, 2.45) is 5.73 Å². The van der Waals surface area contributed by atoms with Gasteiger partial charge in [0.05, 0.1) is 4.47 Å². The van der Waals surface area contributed by atoms with Crippen LogP contribution in [0, 0.1) is 0 Å². The van der Waals surface area contributed by atoms with Crippen LogP contribution in [0.25, 0.3) is 11.1 Å². The van der Waals surface area contributed by atoms with Crippen LogP contribution in [0.3, 0.4) is 0 Å². The van der Waals surface area contributed by atoms with Crippen molar-refractivity contribution in [1.82, 2.24) is 0 Å². The molecular formula is C14H10BrF2NO2. The molecule has 0 radical (unpaired) electrons. The average molecular weight is 342 g/mol. The Balaban J connectivity index is 2.64. The van der Waals surface area contributed by atoms with Crippen LogP contribution < -0.4 is 10.5 Å². The molecule has 0 aliphatic heterocycles. The highest BCUT2D eigenvalue weighted by Crippen LogP contribution is 2.38. The number of halogens is 3. The van der Waals surface area contributed by atoms with Gasteiger partial charge in [0, 0.05) is 11.1 Å². The Morgan fingerprint density at radius 3 is 2.40 bits per heavy atom. The van der Waals surface area contributed by atoms with Crippen molar-refractivity contribution in [2.75, 3.05) is 0 Å². The molecule has 104 valence electrons. The monoisotopic (exact) mass is 341 g/mol. The van der Waals surface area contributed by atoms with Crippen molar-refractivity contribution >= 4 is 21.8 Å². The molecule has 0 heterocycles. The van der Waals surface area contributed by atoms with Crippen LogP contribution in [0.5, 0.6) is 5.75 Å². The number of rotatable bonds is 4. The summed E-state index contributed by atoms with van der Waals surface area (Å²) in [5.41, 5.74) is 6.35. The zero-order valence-corrected chi connectivity index (χ0v) is 11.7. The van der Waals surface area contributed by atoms with Crippen LogP contribution in [-0.2, 0) is 0 Å². The van der Waals surface area contributed by atoms with E-state index in [1.54, 1.807) is 36.4 Å². The summed E-state index contributed by atoms with van der Waals surface area (Å²) < 4.78 is 29.9. The molecular weight excluding hydrogens is 332 g/mol. The van der Waals surface area contributed by atoms with E-state index in [4.69, 9.17) is 5.73 Å². The van der Waals surface area contributed by atoms with E-state index in [-0.39, 0.29) is 11.3 Å². The van der Waals surface area contributed by atoms with Crippen molar-refractivity contribution in [3.05, 3.63) is 52.5 Å². The van der Waals surface area contributed by atoms with Gasteiger partial charge in [-0.15, -0.1) is 0 Å². The number of para-hydroxylation sites is 1. The quantitative estimate of drug-likeness (QED) is 0.919. The molecule has 2 aromatic rings. The van der Waals surface area contributed by atoms with Crippen LogP contribution in [0.2, 0.25) is 0 Å². The minimum Gasteiger partial charge on any atom is -0.433 e. The van der Waals surface area contributed by atoms with Crippen molar-refractivity contribution in [3.63, 3.8) is 0 Å². The number of benzene rings is 2. The molecule has 0 spiro atoms. The Kier molecular flexibility index (Phi) is 4.34. The lowest BCUT2D eigenvalue weighted by Gasteiger charge is -2.14. The Bertz CT molecular complexity index is 647. The maximum atomic E-state index is 12.5. The van der Waals surface area contributed by atoms with Gasteiger partial charge < -0.3 is 10.5 Å². The third-order valence-electron chi connectivity index (χ3n) is 2.66. The van der Waals surface area contributed by atoms with Gasteiger partial charge >= 0.3 is 6.61 Å². The number of carbonyl (C=O) groups excluding carboxylic acids is 1. The summed E-state index contributed by atoms with van der Waals surface area (Å²) in [5, 5.41) is 0. The number of primary amides is 1. The van der Waals surface area contributed by atoms with Gasteiger partial charge in [0.25, 0.3) is 0 Å². The van der Waals surface area contributed by atoms with Crippen molar-refractivity contribution < 1.29 is 18.3 Å². The zero-order chi connectivity index (χ0) is 14.7. The molecule has 6 heteroatoms. The van der Waals surface area contributed by atoms with Gasteiger partial charge in [0.15, 0.2) is 0 Å². The van der Waals surface area contributed by atoms with E-state index in [2.05, 4.69) is 20.7 Å². The summed E-state index contributed by atoms with van der Waals surface area (Å²) in [6.45, 7) is -2.96. The molecule has 0 aromatic heterocycles. The maximum absolute atomic E-state index is 12.5. The first-order valence-electron chi connectivity index (χ1n) is 5.63. The Hall–Kier alpha value is -1.95. The summed E-state index contributed by atoms with van der Waals surface area (Å²) in [4.78, 5) is 11.4. The van der Waals surface area contributed by atoms with Gasteiger partial charge in [0.2, 0.25) is 5.91 Å². The fourth-order valence-electron chi connectivity index (χ4n) is 1.86. The molecule has 2 rings (SSSR count). The number of carbonyl (C=O) groups is 1. The summed E-state index contributed by atoms with van der Waals surface area (Å²) in [6.07, 6.45) is 0. The van der Waals surface area contributed by atoms with Crippen molar-refractivity contribution in [2.45, 2.75) is 6.61 Å². The van der Waals surface area contributed by atoms with E-state index in [1.165, 1.54) is 6.07 Å². The predicted octanol–water partition coefficient (Wildman–Crippen LogP) is 3.82. The second kappa shape index (κ2) is 6.00. The number of alkyl halides is 2. The summed E-state index contributed by atoms with van der Waals surface area (Å²) in [7, 11) is 0. The largest absolute Gasteiger partial charge is 0.433 e. The molecule has 0 atom stereocenters. The number of hydrogen-bond acceptors (Lipinski definition) is 2. The van der Waals surface area contributed by atoms with E-state index < -0.39 is 12.5 Å². The Labute approximate surface area is 122 Å². The van der Waals surface area contributed by atoms with E-state index >= 15 is 0 Å². The summed E-state index contributed by atoms with van der Waals surface area (Å²) >= 11 is 3.16. The molecule has 0 aliphatic carbocycles. The normalized spacial score (nSPS) is 10.6. The molecule has 1 amide bonds. The Morgan fingerprint density at radius 2 is 1.75 bits per heavy atom. The minimum absolute atomic E-state index is 0.0313. The van der Waals surface area contributed by atoms with Gasteiger partial charge in [-0.1, -0.05) is 30.3 Å². The van der Waals surface area contributed by atoms with Gasteiger partial charge in [0.1, 0.15) is 5.75 Å². The van der Waals surface area contributed by atoms with E-state index in [0.717, 1.165) is 0 Å². The van der Waals surface area contributed by atoms with Gasteiger partial charge in [-0.05, 0) is 33.6 Å². The Morgan fingerprint density at radius 1 is 1.10 bits per heavy atom. The third-order valence-corrected chi connectivity index (χ3v) is 3.28. The molecule has 3 nitrogen and oxygen atoms in total. The molecule has 0 unspecified atom stereocenters. The molecule has 0 saturated carbocycles. The highest BCUT2D eigenvalue weighted by Gasteiger charge is 2.18. The van der Waals surface area contributed by atoms with Gasteiger partial charge in [-0.3, -0.25) is 4.79 Å². The zero-order valence-electron chi connectivity index (χ0n) is 10.1. The topological polar surface area (TPSA) is 52.3 Å². The molecule has 0 bridgehead atoms. The van der Waals surface area contributed by atoms with E-state index in [9.17, 15) is 13.6 Å². The predicted molar refractivity (Wildman–Crippen MR) is 74.7 cm³/mol. The molecule has 20 heavy (non-hydrogen) atoms. The van der Waals surface area contributed by atoms with E-state index in [1.807, 2.05) is 0 Å². The SMILES string of the molecule is NC(=O)c1ccccc1-c1cccc(Br)c1OC(F)F. The highest BCUT2D eigenvalue weighted by molar-refractivity contribution is 9.10. The summed E-state index contributed by atoms with van der Waals surface area (Å²) in [5.74, 6) is -0.667. The second-order valence-corrected chi connectivity index (χ2v) is 4.76. The first-order valence-corrected chi connectivity index (χ1v) is 6.42. The van der Waals surface area contributed by atoms with Crippen LogP contribution >= 0.6 is 15.9 Å². The molecule has 2 N–H and O–H groups in total. The number of ether oxygens (including phenoxy) is 1. The molecule has 2 aromatic carbocycles. The van der Waals surface area contributed by atoms with Gasteiger partial charge in [-0.2, -0.15) is 8.78 Å². The lowest BCUT2D eigenvalue weighted by atomic mass is 9.98. The van der Waals surface area contributed by atoms with Crippen LogP contribution in [-0.4, -0.2) is 12.5 Å². The fourth-order valence-corrected chi connectivity index (χ4v) is 2.32. The van der Waals surface area contributed by atoms with Gasteiger partial charge in [-0.25, -0.2) is 0 Å². The van der Waals surface area contributed by atoms with Crippen molar-refractivity contribution in [1.29, 1.82) is 0 Å². The third kappa shape index (κ3) is 2.96. The number of amides is 1. The lowest BCUT2D eigenvalue weighted by Crippen LogP contribution is -2.12. The van der Waals surface area contributed by atoms with Crippen LogP contribution in [0.1, 0.15) is 10.4 Å². The van der Waals surface area contributed by atoms with Crippen molar-refractivity contribution in [3.8, 4) is 16.9 Å². The molecule has 0 fully saturated rings. The standard InChI is InChI=1S/C14H10BrF2NO2/c15-11-7-3-6-9(12(11)20-14(16)17)8-4-1-2-5-10(8)13(18)19/h1-7,14H,(H2,18,19). The molecule has 0 saturated heterocycles. The minimum atomic E-state index is -2.96. The van der Waals surface area contributed by atoms with Crippen LogP contribution in [0.15, 0.2) is 46.9 Å². The first kappa shape index (κ1) is 14.5. The fraction of sp³-hybridized carbons (Fsp3) is 0.0714. The number of hydrogen-bond donors (Lipinski definition) is 1. The maximum Gasteiger partial charge on any atom is 0.387 e. The average Bonchev–Trinajstić information content (AvgIpc) is 2.40. The van der Waals surface area contributed by atoms with Crippen LogP contribution in [0.4, 0.5) is 8.78 Å². The second-order valence-electron chi connectivity index (χ2n) is 3.90. The lowest BCUT2D eigenvalue weighted by molar-refractivity contribution is -0.0499. The first-order chi connectivity index (χ1) is 9.50. The molecule has 0 aliphatic rings.